The summed E-state index contributed by atoms with van der Waals surface area (Å²) in [5, 5.41) is 7.66. The van der Waals surface area contributed by atoms with Crippen LogP contribution in [0.25, 0.3) is 11.0 Å². The highest BCUT2D eigenvalue weighted by molar-refractivity contribution is 5.64. The van der Waals surface area contributed by atoms with Crippen LogP contribution in [-0.2, 0) is 4.74 Å². The number of benzene rings is 1. The van der Waals surface area contributed by atoms with Crippen molar-refractivity contribution in [2.45, 2.75) is 6.92 Å². The fraction of sp³-hybridized carbons (Fsp3) is 0.222. The highest BCUT2D eigenvalue weighted by Crippen LogP contribution is 2.02. The molecule has 0 radical (unpaired) electrons. The maximum atomic E-state index is 9.60. The summed E-state index contributed by atoms with van der Waals surface area (Å²) in [6.45, 7) is 2.06. The Bertz CT molecular complexity index is 314. The topological polar surface area (TPSA) is 78.1 Å². The SMILES string of the molecule is CCOC(N)=O.c1cc2ccc1nn2. The molecule has 0 fully saturated rings. The summed E-state index contributed by atoms with van der Waals surface area (Å²) in [5.41, 5.74) is 6.43. The summed E-state index contributed by atoms with van der Waals surface area (Å²) >= 11 is 0. The van der Waals surface area contributed by atoms with Crippen molar-refractivity contribution >= 4 is 17.1 Å². The summed E-state index contributed by atoms with van der Waals surface area (Å²) in [7, 11) is 0. The van der Waals surface area contributed by atoms with Gasteiger partial charge in [0.05, 0.1) is 17.6 Å². The number of primary amides is 1. The minimum Gasteiger partial charge on any atom is -0.450 e. The second-order valence-corrected chi connectivity index (χ2v) is 2.47. The van der Waals surface area contributed by atoms with E-state index in [0.717, 1.165) is 11.0 Å². The molecule has 0 unspecified atom stereocenters. The van der Waals surface area contributed by atoms with E-state index in [4.69, 9.17) is 0 Å². The smallest absolute Gasteiger partial charge is 0.404 e. The van der Waals surface area contributed by atoms with Crippen molar-refractivity contribution in [1.82, 2.24) is 10.2 Å². The standard InChI is InChI=1S/C6H4N2.C3H7NO2/c1-2-6-4-3-5(1)7-8-6;1-2-6-3(4)5/h1-4H;2H2,1H3,(H2,4,5). The average Bonchev–Trinajstić information content (AvgIpc) is 2.21. The van der Waals surface area contributed by atoms with E-state index in [1.165, 1.54) is 0 Å². The fourth-order valence-electron chi connectivity index (χ4n) is 0.844. The van der Waals surface area contributed by atoms with Crippen molar-refractivity contribution in [1.29, 1.82) is 0 Å². The molecule has 74 valence electrons. The van der Waals surface area contributed by atoms with Gasteiger partial charge in [-0.05, 0) is 31.2 Å². The Balaban J connectivity index is 0.000000149. The maximum absolute atomic E-state index is 9.60. The molecule has 5 heteroatoms. The van der Waals surface area contributed by atoms with Crippen LogP contribution >= 0.6 is 0 Å². The van der Waals surface area contributed by atoms with Gasteiger partial charge in [0.15, 0.2) is 0 Å². The number of fused-ring (bicyclic) bond motifs is 3. The van der Waals surface area contributed by atoms with Gasteiger partial charge in [0.25, 0.3) is 0 Å². The first-order chi connectivity index (χ1) is 6.72. The quantitative estimate of drug-likeness (QED) is 0.737. The van der Waals surface area contributed by atoms with E-state index in [1.807, 2.05) is 24.3 Å². The Kier molecular flexibility index (Phi) is 3.60. The molecule has 1 amide bonds. The summed E-state index contributed by atoms with van der Waals surface area (Å²) in [6, 6.07) is 7.79. The highest BCUT2D eigenvalue weighted by Gasteiger charge is 1.87. The molecule has 3 aromatic rings. The number of ether oxygens (including phenoxy) is 1. The molecule has 14 heavy (non-hydrogen) atoms. The second-order valence-electron chi connectivity index (χ2n) is 2.47. The third-order valence-corrected chi connectivity index (χ3v) is 1.42. The van der Waals surface area contributed by atoms with E-state index in [9.17, 15) is 4.79 Å². The van der Waals surface area contributed by atoms with Crippen LogP contribution in [0.4, 0.5) is 4.79 Å². The molecule has 0 saturated carbocycles. The van der Waals surface area contributed by atoms with Gasteiger partial charge in [-0.1, -0.05) is 0 Å². The molecule has 0 atom stereocenters. The number of carbonyl (C=O) groups is 1. The molecule has 0 aliphatic rings. The lowest BCUT2D eigenvalue weighted by molar-refractivity contribution is 0.163. The number of aromatic nitrogens is 2. The molecule has 0 saturated heterocycles. The lowest BCUT2D eigenvalue weighted by Crippen LogP contribution is -2.11. The first kappa shape index (κ1) is 10.2. The largest absolute Gasteiger partial charge is 0.450 e. The van der Waals surface area contributed by atoms with Crippen LogP contribution in [0.3, 0.4) is 0 Å². The Morgan fingerprint density at radius 2 is 1.71 bits per heavy atom. The van der Waals surface area contributed by atoms with Gasteiger partial charge in [-0.25, -0.2) is 4.79 Å². The van der Waals surface area contributed by atoms with E-state index in [1.54, 1.807) is 6.92 Å². The zero-order valence-electron chi connectivity index (χ0n) is 7.80. The lowest BCUT2D eigenvalue weighted by Gasteiger charge is -1.90. The normalized spacial score (nSPS) is 9.21. The molecule has 0 aliphatic carbocycles. The molecule has 2 bridgehead atoms. The van der Waals surface area contributed by atoms with Gasteiger partial charge in [0.1, 0.15) is 0 Å². The minimum atomic E-state index is -0.711. The highest BCUT2D eigenvalue weighted by atomic mass is 16.5. The van der Waals surface area contributed by atoms with Gasteiger partial charge in [0, 0.05) is 0 Å². The summed E-state index contributed by atoms with van der Waals surface area (Å²) < 4.78 is 4.18. The van der Waals surface area contributed by atoms with E-state index in [0.29, 0.717) is 6.61 Å². The van der Waals surface area contributed by atoms with Crippen molar-refractivity contribution < 1.29 is 9.53 Å². The van der Waals surface area contributed by atoms with Gasteiger partial charge >= 0.3 is 6.09 Å². The number of rotatable bonds is 1. The minimum absolute atomic E-state index is 0.356. The Morgan fingerprint density at radius 1 is 1.29 bits per heavy atom. The van der Waals surface area contributed by atoms with E-state index < -0.39 is 6.09 Å². The number of hydrogen-bond acceptors (Lipinski definition) is 4. The van der Waals surface area contributed by atoms with E-state index in [-0.39, 0.29) is 0 Å². The maximum Gasteiger partial charge on any atom is 0.404 e. The zero-order chi connectivity index (χ0) is 10.4. The van der Waals surface area contributed by atoms with Crippen LogP contribution in [0, 0.1) is 0 Å². The summed E-state index contributed by atoms with van der Waals surface area (Å²) in [5.74, 6) is 0. The average molecular weight is 193 g/mol. The summed E-state index contributed by atoms with van der Waals surface area (Å²) in [4.78, 5) is 9.60. The second kappa shape index (κ2) is 4.96. The molecular formula is C9H11N3O2. The number of nitrogens with two attached hydrogens (primary N) is 1. The Labute approximate surface area is 81.2 Å². The molecule has 2 aromatic heterocycles. The number of carbonyl (C=O) groups excluding carboxylic acids is 1. The fourth-order valence-corrected chi connectivity index (χ4v) is 0.844. The Morgan fingerprint density at radius 3 is 1.79 bits per heavy atom. The van der Waals surface area contributed by atoms with Crippen LogP contribution < -0.4 is 5.73 Å². The van der Waals surface area contributed by atoms with Crippen molar-refractivity contribution in [3.63, 3.8) is 0 Å². The molecule has 5 nitrogen and oxygen atoms in total. The number of amides is 1. The Hall–Kier alpha value is -1.91. The van der Waals surface area contributed by atoms with Gasteiger partial charge in [-0.2, -0.15) is 10.2 Å². The van der Waals surface area contributed by atoms with Crippen molar-refractivity contribution in [2.24, 2.45) is 5.73 Å². The first-order valence-electron chi connectivity index (χ1n) is 4.16. The molecule has 2 heterocycles. The van der Waals surface area contributed by atoms with Crippen LogP contribution in [-0.4, -0.2) is 22.9 Å². The van der Waals surface area contributed by atoms with Gasteiger partial charge < -0.3 is 10.5 Å². The number of hydrogen-bond donors (Lipinski definition) is 1. The van der Waals surface area contributed by atoms with Crippen molar-refractivity contribution in [3.8, 4) is 0 Å². The molecule has 2 N–H and O–H groups in total. The molecular weight excluding hydrogens is 182 g/mol. The lowest BCUT2D eigenvalue weighted by atomic mass is 10.3. The van der Waals surface area contributed by atoms with Crippen LogP contribution in [0.5, 0.6) is 0 Å². The molecule has 3 rings (SSSR count). The molecule has 0 spiro atoms. The van der Waals surface area contributed by atoms with Gasteiger partial charge in [-0.15, -0.1) is 0 Å². The van der Waals surface area contributed by atoms with Gasteiger partial charge in [0.2, 0.25) is 0 Å². The van der Waals surface area contributed by atoms with E-state index in [2.05, 4.69) is 20.7 Å². The summed E-state index contributed by atoms with van der Waals surface area (Å²) in [6.07, 6.45) is -0.711. The number of nitrogens with zero attached hydrogens (tertiary/aromatic N) is 2. The first-order valence-corrected chi connectivity index (χ1v) is 4.16. The van der Waals surface area contributed by atoms with Crippen LogP contribution in [0.2, 0.25) is 0 Å². The monoisotopic (exact) mass is 193 g/mol. The predicted molar refractivity (Wildman–Crippen MR) is 51.9 cm³/mol. The van der Waals surface area contributed by atoms with E-state index >= 15 is 0 Å². The molecule has 0 aliphatic heterocycles. The molecule has 1 aromatic carbocycles. The third kappa shape index (κ3) is 3.22. The zero-order valence-corrected chi connectivity index (χ0v) is 7.80. The van der Waals surface area contributed by atoms with Crippen molar-refractivity contribution in [2.75, 3.05) is 6.61 Å². The van der Waals surface area contributed by atoms with Gasteiger partial charge in [-0.3, -0.25) is 0 Å². The van der Waals surface area contributed by atoms with Crippen molar-refractivity contribution in [3.05, 3.63) is 24.3 Å². The predicted octanol–water partition coefficient (Wildman–Crippen LogP) is 1.17. The van der Waals surface area contributed by atoms with Crippen LogP contribution in [0.1, 0.15) is 6.92 Å². The van der Waals surface area contributed by atoms with Crippen LogP contribution in [0.15, 0.2) is 24.3 Å². The third-order valence-electron chi connectivity index (χ3n) is 1.42.